The van der Waals surface area contributed by atoms with E-state index in [-0.39, 0.29) is 34.8 Å². The Kier molecular flexibility index (Phi) is 5.42. The molecule has 2 aromatic rings. The number of hydrogen-bond donors (Lipinski definition) is 0. The van der Waals surface area contributed by atoms with E-state index in [1.807, 2.05) is 20.8 Å². The summed E-state index contributed by atoms with van der Waals surface area (Å²) in [6.07, 6.45) is 1.70. The normalized spacial score (nSPS) is 11.3. The maximum Gasteiger partial charge on any atom is 0.359 e. The minimum Gasteiger partial charge on any atom is -0.461 e. The number of carbonyl (C=O) groups is 2. The fourth-order valence-corrected chi connectivity index (χ4v) is 2.25. The standard InChI is InChI=1S/C16H19ClN4O4/c1-6-24-15(23)11-9(2)14(21(20-11)16(3,4)5)25-13-10(7-22)12(17)18-8-19-13/h7-8H,6H2,1-5H3. The van der Waals surface area contributed by atoms with Gasteiger partial charge in [-0.05, 0) is 34.6 Å². The third-order valence-electron chi connectivity index (χ3n) is 3.28. The van der Waals surface area contributed by atoms with Gasteiger partial charge in [0.25, 0.3) is 0 Å². The van der Waals surface area contributed by atoms with E-state index in [0.29, 0.717) is 11.8 Å². The molecule has 0 aliphatic rings. The highest BCUT2D eigenvalue weighted by atomic mass is 35.5. The molecule has 25 heavy (non-hydrogen) atoms. The maximum atomic E-state index is 12.1. The molecular formula is C16H19ClN4O4. The molecule has 134 valence electrons. The van der Waals surface area contributed by atoms with Gasteiger partial charge in [0.1, 0.15) is 17.0 Å². The number of nitrogens with zero attached hydrogens (tertiary/aromatic N) is 4. The SMILES string of the molecule is CCOC(=O)c1nn(C(C)(C)C)c(Oc2ncnc(Cl)c2C=O)c1C. The summed E-state index contributed by atoms with van der Waals surface area (Å²) in [7, 11) is 0. The molecule has 0 fully saturated rings. The molecule has 0 N–H and O–H groups in total. The van der Waals surface area contributed by atoms with Crippen LogP contribution >= 0.6 is 11.6 Å². The van der Waals surface area contributed by atoms with Gasteiger partial charge >= 0.3 is 5.97 Å². The Bertz CT molecular complexity index is 811. The van der Waals surface area contributed by atoms with Gasteiger partial charge in [-0.2, -0.15) is 5.10 Å². The maximum absolute atomic E-state index is 12.1. The highest BCUT2D eigenvalue weighted by molar-refractivity contribution is 6.31. The van der Waals surface area contributed by atoms with E-state index in [1.54, 1.807) is 18.5 Å². The monoisotopic (exact) mass is 366 g/mol. The Balaban J connectivity index is 2.59. The Hall–Kier alpha value is -2.48. The summed E-state index contributed by atoms with van der Waals surface area (Å²) in [6, 6.07) is 0. The van der Waals surface area contributed by atoms with Crippen LogP contribution in [0.3, 0.4) is 0 Å². The van der Waals surface area contributed by atoms with Crippen molar-refractivity contribution in [2.45, 2.75) is 40.2 Å². The molecule has 0 radical (unpaired) electrons. The molecule has 0 aliphatic heterocycles. The highest BCUT2D eigenvalue weighted by Crippen LogP contribution is 2.33. The van der Waals surface area contributed by atoms with Crippen molar-refractivity contribution in [2.24, 2.45) is 0 Å². The molecule has 2 heterocycles. The molecule has 0 saturated carbocycles. The number of aromatic nitrogens is 4. The third-order valence-corrected chi connectivity index (χ3v) is 3.58. The zero-order valence-corrected chi connectivity index (χ0v) is 15.4. The zero-order chi connectivity index (χ0) is 18.8. The minimum absolute atomic E-state index is 0.0149. The van der Waals surface area contributed by atoms with Gasteiger partial charge < -0.3 is 9.47 Å². The van der Waals surface area contributed by atoms with Crippen molar-refractivity contribution in [1.82, 2.24) is 19.7 Å². The largest absolute Gasteiger partial charge is 0.461 e. The number of rotatable bonds is 5. The van der Waals surface area contributed by atoms with Crippen molar-refractivity contribution in [3.05, 3.63) is 28.3 Å². The first kappa shape index (κ1) is 18.9. The van der Waals surface area contributed by atoms with Crippen molar-refractivity contribution in [1.29, 1.82) is 0 Å². The molecule has 2 aromatic heterocycles. The van der Waals surface area contributed by atoms with Gasteiger partial charge in [-0.1, -0.05) is 11.6 Å². The van der Waals surface area contributed by atoms with E-state index in [1.165, 1.54) is 6.33 Å². The fourth-order valence-electron chi connectivity index (χ4n) is 2.08. The first-order chi connectivity index (χ1) is 11.7. The number of ether oxygens (including phenoxy) is 2. The molecule has 9 heteroatoms. The first-order valence-corrected chi connectivity index (χ1v) is 7.99. The molecule has 2 rings (SSSR count). The van der Waals surface area contributed by atoms with Crippen LogP contribution in [0.1, 0.15) is 54.1 Å². The lowest BCUT2D eigenvalue weighted by molar-refractivity contribution is 0.0516. The van der Waals surface area contributed by atoms with Gasteiger partial charge in [0.2, 0.25) is 11.8 Å². The van der Waals surface area contributed by atoms with Gasteiger partial charge in [0, 0.05) is 5.56 Å². The van der Waals surface area contributed by atoms with Crippen LogP contribution in [0, 0.1) is 6.92 Å². The molecule has 0 spiro atoms. The highest BCUT2D eigenvalue weighted by Gasteiger charge is 2.29. The van der Waals surface area contributed by atoms with Crippen LogP contribution in [0.25, 0.3) is 0 Å². The lowest BCUT2D eigenvalue weighted by Gasteiger charge is -2.22. The van der Waals surface area contributed by atoms with E-state index < -0.39 is 11.5 Å². The summed E-state index contributed by atoms with van der Waals surface area (Å²) >= 11 is 5.90. The van der Waals surface area contributed by atoms with Crippen molar-refractivity contribution >= 4 is 23.9 Å². The topological polar surface area (TPSA) is 96.2 Å². The lowest BCUT2D eigenvalue weighted by atomic mass is 10.1. The molecular weight excluding hydrogens is 348 g/mol. The summed E-state index contributed by atoms with van der Waals surface area (Å²) < 4.78 is 12.4. The number of halogens is 1. The predicted molar refractivity (Wildman–Crippen MR) is 90.4 cm³/mol. The van der Waals surface area contributed by atoms with Gasteiger partial charge in [0.05, 0.1) is 12.1 Å². The summed E-state index contributed by atoms with van der Waals surface area (Å²) in [4.78, 5) is 31.1. The molecule has 0 atom stereocenters. The second-order valence-corrected chi connectivity index (χ2v) is 6.54. The van der Waals surface area contributed by atoms with E-state index in [9.17, 15) is 9.59 Å². The molecule has 0 aliphatic carbocycles. The Morgan fingerprint density at radius 1 is 1.36 bits per heavy atom. The lowest BCUT2D eigenvalue weighted by Crippen LogP contribution is -2.24. The van der Waals surface area contributed by atoms with Gasteiger partial charge in [0.15, 0.2) is 12.0 Å². The van der Waals surface area contributed by atoms with E-state index >= 15 is 0 Å². The number of esters is 1. The van der Waals surface area contributed by atoms with Crippen LogP contribution in [-0.2, 0) is 10.3 Å². The smallest absolute Gasteiger partial charge is 0.359 e. The van der Waals surface area contributed by atoms with Crippen LogP contribution in [0.4, 0.5) is 0 Å². The summed E-state index contributed by atoms with van der Waals surface area (Å²) in [6.45, 7) is 9.32. The Morgan fingerprint density at radius 2 is 2.04 bits per heavy atom. The number of hydrogen-bond acceptors (Lipinski definition) is 7. The van der Waals surface area contributed by atoms with Gasteiger partial charge in [-0.15, -0.1) is 0 Å². The minimum atomic E-state index is -0.552. The van der Waals surface area contributed by atoms with Crippen molar-refractivity contribution in [3.63, 3.8) is 0 Å². The third kappa shape index (κ3) is 3.79. The number of aldehydes is 1. The Labute approximate surface area is 150 Å². The van der Waals surface area contributed by atoms with Crippen LogP contribution < -0.4 is 4.74 Å². The summed E-state index contributed by atoms with van der Waals surface area (Å²) in [5.74, 6) is -0.295. The fraction of sp³-hybridized carbons (Fsp3) is 0.438. The van der Waals surface area contributed by atoms with Crippen LogP contribution in [0.5, 0.6) is 11.8 Å². The van der Waals surface area contributed by atoms with Gasteiger partial charge in [-0.25, -0.2) is 19.4 Å². The average Bonchev–Trinajstić information content (AvgIpc) is 2.85. The molecule has 0 saturated heterocycles. The van der Waals surface area contributed by atoms with Crippen LogP contribution in [0.15, 0.2) is 6.33 Å². The second kappa shape index (κ2) is 7.18. The first-order valence-electron chi connectivity index (χ1n) is 7.61. The summed E-state index contributed by atoms with van der Waals surface area (Å²) in [5, 5.41) is 4.30. The predicted octanol–water partition coefficient (Wildman–Crippen LogP) is 3.17. The Morgan fingerprint density at radius 3 is 2.60 bits per heavy atom. The average molecular weight is 367 g/mol. The molecule has 0 unspecified atom stereocenters. The zero-order valence-electron chi connectivity index (χ0n) is 14.7. The number of carbonyl (C=O) groups excluding carboxylic acids is 2. The van der Waals surface area contributed by atoms with E-state index in [0.717, 1.165) is 0 Å². The van der Waals surface area contributed by atoms with Crippen molar-refractivity contribution in [3.8, 4) is 11.8 Å². The van der Waals surface area contributed by atoms with Gasteiger partial charge in [-0.3, -0.25) is 4.79 Å². The van der Waals surface area contributed by atoms with E-state index in [2.05, 4.69) is 15.1 Å². The van der Waals surface area contributed by atoms with Crippen molar-refractivity contribution < 1.29 is 19.1 Å². The van der Waals surface area contributed by atoms with Crippen molar-refractivity contribution in [2.75, 3.05) is 6.61 Å². The molecule has 0 amide bonds. The van der Waals surface area contributed by atoms with Crippen LogP contribution in [-0.4, -0.2) is 38.6 Å². The summed E-state index contributed by atoms with van der Waals surface area (Å²) in [5.41, 5.74) is 0.130. The molecule has 0 bridgehead atoms. The quantitative estimate of drug-likeness (QED) is 0.455. The molecule has 8 nitrogen and oxygen atoms in total. The molecule has 0 aromatic carbocycles. The van der Waals surface area contributed by atoms with Crippen LogP contribution in [0.2, 0.25) is 5.15 Å². The van der Waals surface area contributed by atoms with E-state index in [4.69, 9.17) is 21.1 Å². The second-order valence-electron chi connectivity index (χ2n) is 6.19.